The number of aryl methyl sites for hydroxylation is 1. The molecule has 1 saturated heterocycles. The van der Waals surface area contributed by atoms with Gasteiger partial charge in [0, 0.05) is 7.05 Å². The molecule has 1 aliphatic heterocycles. The van der Waals surface area contributed by atoms with E-state index in [-0.39, 0.29) is 23.5 Å². The van der Waals surface area contributed by atoms with Crippen LogP contribution < -0.4 is 4.74 Å². The monoisotopic (exact) mass is 376 g/mol. The number of hydrogen-bond acceptors (Lipinski definition) is 5. The third-order valence-electron chi connectivity index (χ3n) is 4.39. The first kappa shape index (κ1) is 19.9. The number of rotatable bonds is 5. The lowest BCUT2D eigenvalue weighted by atomic mass is 9.96. The summed E-state index contributed by atoms with van der Waals surface area (Å²) >= 11 is 5.30. The Morgan fingerprint density at radius 2 is 1.96 bits per heavy atom. The summed E-state index contributed by atoms with van der Waals surface area (Å²) in [5, 5.41) is 0.280. The second-order valence-corrected chi connectivity index (χ2v) is 6.81. The number of carbonyl (C=O) groups excluding carboxylic acids is 2. The zero-order valence-corrected chi connectivity index (χ0v) is 16.8. The average molecular weight is 376 g/mol. The van der Waals surface area contributed by atoms with Crippen LogP contribution in [0.3, 0.4) is 0 Å². The Morgan fingerprint density at radius 1 is 1.31 bits per heavy atom. The van der Waals surface area contributed by atoms with Gasteiger partial charge in [-0.05, 0) is 60.0 Å². The lowest BCUT2D eigenvalue weighted by Crippen LogP contribution is -2.36. The van der Waals surface area contributed by atoms with E-state index in [1.807, 2.05) is 19.1 Å². The van der Waals surface area contributed by atoms with Gasteiger partial charge in [-0.1, -0.05) is 13.8 Å². The zero-order chi connectivity index (χ0) is 19.6. The van der Waals surface area contributed by atoms with Crippen molar-refractivity contribution in [3.63, 3.8) is 0 Å². The van der Waals surface area contributed by atoms with Crippen LogP contribution in [0.4, 0.5) is 0 Å². The second-order valence-electron chi connectivity index (χ2n) is 6.44. The maximum atomic E-state index is 12.7. The minimum atomic E-state index is -0.516. The number of nitrogens with zero attached hydrogens (tertiary/aromatic N) is 2. The highest BCUT2D eigenvalue weighted by Gasteiger charge is 2.37. The maximum Gasteiger partial charge on any atom is 0.325 e. The van der Waals surface area contributed by atoms with Crippen LogP contribution in [0.25, 0.3) is 6.08 Å². The van der Waals surface area contributed by atoms with Gasteiger partial charge in [-0.25, -0.2) is 0 Å². The minimum Gasteiger partial charge on any atom is -0.496 e. The summed E-state index contributed by atoms with van der Waals surface area (Å²) in [6.07, 6.45) is 1.80. The van der Waals surface area contributed by atoms with Crippen LogP contribution in [0.2, 0.25) is 0 Å². The highest BCUT2D eigenvalue weighted by molar-refractivity contribution is 7.80. The SMILES string of the molecule is COC(=O)CN1C(=O)/C(=C/c2cc(C(C)C)c(OC)cc2C)N(C)C1=S. The van der Waals surface area contributed by atoms with E-state index in [2.05, 4.69) is 18.6 Å². The number of likely N-dealkylation sites (N-methyl/N-ethyl adjacent to an activating group) is 1. The van der Waals surface area contributed by atoms with Crippen LogP contribution in [0.5, 0.6) is 5.75 Å². The van der Waals surface area contributed by atoms with Crippen molar-refractivity contribution in [1.82, 2.24) is 9.80 Å². The molecular weight excluding hydrogens is 352 g/mol. The Morgan fingerprint density at radius 3 is 2.50 bits per heavy atom. The first-order valence-electron chi connectivity index (χ1n) is 8.27. The molecule has 1 aromatic rings. The van der Waals surface area contributed by atoms with Crippen molar-refractivity contribution in [2.24, 2.45) is 0 Å². The molecule has 0 radical (unpaired) electrons. The van der Waals surface area contributed by atoms with Gasteiger partial charge in [0.05, 0.1) is 14.2 Å². The predicted octanol–water partition coefficient (Wildman–Crippen LogP) is 2.70. The summed E-state index contributed by atoms with van der Waals surface area (Å²) in [4.78, 5) is 27.1. The molecule has 0 bridgehead atoms. The molecule has 1 heterocycles. The Hall–Kier alpha value is -2.41. The van der Waals surface area contributed by atoms with E-state index in [1.165, 1.54) is 12.0 Å². The van der Waals surface area contributed by atoms with Crippen LogP contribution in [-0.2, 0) is 14.3 Å². The maximum absolute atomic E-state index is 12.7. The van der Waals surface area contributed by atoms with E-state index in [0.717, 1.165) is 22.4 Å². The van der Waals surface area contributed by atoms with Crippen molar-refractivity contribution in [1.29, 1.82) is 0 Å². The summed E-state index contributed by atoms with van der Waals surface area (Å²) in [5.41, 5.74) is 3.37. The molecule has 0 atom stereocenters. The smallest absolute Gasteiger partial charge is 0.325 e. The molecule has 0 N–H and O–H groups in total. The van der Waals surface area contributed by atoms with Crippen molar-refractivity contribution >= 4 is 35.3 Å². The van der Waals surface area contributed by atoms with Crippen molar-refractivity contribution < 1.29 is 19.1 Å². The third kappa shape index (κ3) is 3.72. The van der Waals surface area contributed by atoms with Crippen molar-refractivity contribution in [3.05, 3.63) is 34.5 Å². The molecule has 0 unspecified atom stereocenters. The number of thiocarbonyl (C=S) groups is 1. The van der Waals surface area contributed by atoms with Crippen LogP contribution in [0.15, 0.2) is 17.8 Å². The average Bonchev–Trinajstić information content (AvgIpc) is 2.80. The summed E-state index contributed by atoms with van der Waals surface area (Å²) < 4.78 is 10.1. The van der Waals surface area contributed by atoms with Gasteiger partial charge >= 0.3 is 5.97 Å². The van der Waals surface area contributed by atoms with Crippen LogP contribution >= 0.6 is 12.2 Å². The topological polar surface area (TPSA) is 59.1 Å². The van der Waals surface area contributed by atoms with E-state index in [1.54, 1.807) is 25.1 Å². The Balaban J connectivity index is 2.46. The minimum absolute atomic E-state index is 0.200. The second kappa shape index (κ2) is 7.86. The molecule has 1 amide bonds. The van der Waals surface area contributed by atoms with Crippen LogP contribution in [0, 0.1) is 6.92 Å². The van der Waals surface area contributed by atoms with Crippen molar-refractivity contribution in [2.45, 2.75) is 26.7 Å². The van der Waals surface area contributed by atoms with Gasteiger partial charge in [-0.2, -0.15) is 0 Å². The van der Waals surface area contributed by atoms with Gasteiger partial charge < -0.3 is 14.4 Å². The van der Waals surface area contributed by atoms with Gasteiger partial charge in [-0.15, -0.1) is 0 Å². The fourth-order valence-electron chi connectivity index (χ4n) is 2.79. The molecule has 0 aromatic heterocycles. The standard InChI is InChI=1S/C19H24N2O4S/c1-11(2)14-8-13(12(3)7-16(14)24-5)9-15-18(23)21(10-17(22)25-6)19(26)20(15)4/h7-9,11H,10H2,1-6H3/b15-9-. The summed E-state index contributed by atoms with van der Waals surface area (Å²) in [6, 6.07) is 3.99. The molecule has 7 heteroatoms. The van der Waals surface area contributed by atoms with Gasteiger partial charge in [-0.3, -0.25) is 14.5 Å². The molecule has 140 valence electrons. The molecule has 1 aromatic carbocycles. The lowest BCUT2D eigenvalue weighted by Gasteiger charge is -2.16. The number of methoxy groups -OCH3 is 2. The van der Waals surface area contributed by atoms with E-state index in [9.17, 15) is 9.59 Å². The lowest BCUT2D eigenvalue weighted by molar-refractivity contribution is -0.143. The van der Waals surface area contributed by atoms with Gasteiger partial charge in [0.2, 0.25) is 0 Å². The largest absolute Gasteiger partial charge is 0.496 e. The van der Waals surface area contributed by atoms with E-state index >= 15 is 0 Å². The third-order valence-corrected chi connectivity index (χ3v) is 4.89. The quantitative estimate of drug-likeness (QED) is 0.447. The molecule has 2 rings (SSSR count). The van der Waals surface area contributed by atoms with E-state index in [0.29, 0.717) is 5.70 Å². The predicted molar refractivity (Wildman–Crippen MR) is 104 cm³/mol. The number of ether oxygens (including phenoxy) is 2. The Labute approximate surface area is 159 Å². The van der Waals surface area contributed by atoms with Crippen molar-refractivity contribution in [2.75, 3.05) is 27.8 Å². The molecule has 0 saturated carbocycles. The highest BCUT2D eigenvalue weighted by Crippen LogP contribution is 2.31. The van der Waals surface area contributed by atoms with Crippen LogP contribution in [0.1, 0.15) is 36.5 Å². The normalized spacial score (nSPS) is 16.0. The molecule has 26 heavy (non-hydrogen) atoms. The zero-order valence-electron chi connectivity index (χ0n) is 16.0. The highest BCUT2D eigenvalue weighted by atomic mass is 32.1. The van der Waals surface area contributed by atoms with Gasteiger partial charge in [0.1, 0.15) is 18.0 Å². The Kier molecular flexibility index (Phi) is 6.02. The Bertz CT molecular complexity index is 786. The summed E-state index contributed by atoms with van der Waals surface area (Å²) in [5.74, 6) is 0.271. The van der Waals surface area contributed by atoms with Gasteiger partial charge in [0.15, 0.2) is 5.11 Å². The first-order chi connectivity index (χ1) is 12.2. The van der Waals surface area contributed by atoms with Crippen molar-refractivity contribution in [3.8, 4) is 5.75 Å². The number of benzene rings is 1. The molecule has 1 aliphatic rings. The summed E-state index contributed by atoms with van der Waals surface area (Å²) in [7, 11) is 4.64. The van der Waals surface area contributed by atoms with Crippen LogP contribution in [-0.4, -0.2) is 54.6 Å². The fourth-order valence-corrected chi connectivity index (χ4v) is 3.04. The molecule has 0 spiro atoms. The molecular formula is C19H24N2O4S. The number of amides is 1. The number of hydrogen-bond donors (Lipinski definition) is 0. The van der Waals surface area contributed by atoms with Gasteiger partial charge in [0.25, 0.3) is 5.91 Å². The van der Waals surface area contributed by atoms with E-state index in [4.69, 9.17) is 17.0 Å². The van der Waals surface area contributed by atoms with E-state index < -0.39 is 5.97 Å². The fraction of sp³-hybridized carbons (Fsp3) is 0.421. The number of esters is 1. The number of carbonyl (C=O) groups is 2. The molecule has 1 fully saturated rings. The first-order valence-corrected chi connectivity index (χ1v) is 8.68. The summed E-state index contributed by atoms with van der Waals surface area (Å²) in [6.45, 7) is 5.94. The molecule has 0 aliphatic carbocycles. The molecule has 6 nitrogen and oxygen atoms in total.